The number of nitrogens with one attached hydrogen (secondary N) is 1. The van der Waals surface area contributed by atoms with E-state index in [1.165, 1.54) is 9.75 Å². The normalized spacial score (nSPS) is 27.1. The van der Waals surface area contributed by atoms with Crippen LogP contribution in [0, 0.1) is 26.7 Å². The Morgan fingerprint density at radius 3 is 2.82 bits per heavy atom. The van der Waals surface area contributed by atoms with Crippen molar-refractivity contribution in [1.29, 1.82) is 0 Å². The molecule has 1 fully saturated rings. The summed E-state index contributed by atoms with van der Waals surface area (Å²) in [5, 5.41) is 14.2. The van der Waals surface area contributed by atoms with Crippen LogP contribution >= 0.6 is 11.3 Å². The van der Waals surface area contributed by atoms with Gasteiger partial charge in [0.25, 0.3) is 0 Å². The van der Waals surface area contributed by atoms with Crippen molar-refractivity contribution in [3.05, 3.63) is 50.7 Å². The highest BCUT2D eigenvalue weighted by atomic mass is 32.1. The smallest absolute Gasteiger partial charge is 0.168 e. The van der Waals surface area contributed by atoms with Gasteiger partial charge in [-0.05, 0) is 69.7 Å². The summed E-state index contributed by atoms with van der Waals surface area (Å²) in [6, 6.07) is 8.17. The molecule has 150 valence electrons. The molecule has 4 atom stereocenters. The highest BCUT2D eigenvalue weighted by Gasteiger charge is 2.37. The number of Topliss-reactive ketones (excluding diaryl/α,β-unsaturated/α-hetero) is 1. The van der Waals surface area contributed by atoms with Crippen LogP contribution in [0.25, 0.3) is 0 Å². The third-order valence-electron chi connectivity index (χ3n) is 6.09. The van der Waals surface area contributed by atoms with Crippen molar-refractivity contribution < 1.29 is 14.6 Å². The average Bonchev–Trinajstić information content (AvgIpc) is 3.21. The lowest BCUT2D eigenvalue weighted by Crippen LogP contribution is -2.44. The second kappa shape index (κ2) is 7.97. The molecule has 0 amide bonds. The van der Waals surface area contributed by atoms with E-state index in [1.54, 1.807) is 11.3 Å². The largest absolute Gasteiger partial charge is 0.487 e. The van der Waals surface area contributed by atoms with Gasteiger partial charge in [-0.25, -0.2) is 0 Å². The number of hydrogen-bond acceptors (Lipinski definition) is 5. The first kappa shape index (κ1) is 19.6. The number of thiophene rings is 1. The van der Waals surface area contributed by atoms with Gasteiger partial charge in [0, 0.05) is 33.8 Å². The lowest BCUT2D eigenvalue weighted by molar-refractivity contribution is 0.0438. The summed E-state index contributed by atoms with van der Waals surface area (Å²) in [6.07, 6.45) is 2.80. The van der Waals surface area contributed by atoms with E-state index in [4.69, 9.17) is 4.74 Å². The van der Waals surface area contributed by atoms with Gasteiger partial charge in [0.2, 0.25) is 0 Å². The first-order valence-corrected chi connectivity index (χ1v) is 11.0. The highest BCUT2D eigenvalue weighted by Crippen LogP contribution is 2.32. The number of aliphatic hydroxyl groups excluding tert-OH is 1. The van der Waals surface area contributed by atoms with Gasteiger partial charge in [-0.2, -0.15) is 0 Å². The van der Waals surface area contributed by atoms with Crippen LogP contribution in [0.5, 0.6) is 5.75 Å². The van der Waals surface area contributed by atoms with E-state index < -0.39 is 6.10 Å². The van der Waals surface area contributed by atoms with Crippen molar-refractivity contribution in [3.8, 4) is 5.75 Å². The quantitative estimate of drug-likeness (QED) is 0.798. The molecule has 28 heavy (non-hydrogen) atoms. The standard InChI is InChI=1S/C23H29NO3S/c1-13-4-5-14(2)20(10-13)27-19-8-7-18(23(19)26)24-12-16-6-9-21-17(22(16)25)11-15(3)28-21/h4-5,10-11,16,18-19,23-24,26H,6-9,12H2,1-3H3/t16?,18-,19-,23-/m1/s1. The number of fused-ring (bicyclic) bond motifs is 1. The topological polar surface area (TPSA) is 58.6 Å². The zero-order valence-corrected chi connectivity index (χ0v) is 17.6. The summed E-state index contributed by atoms with van der Waals surface area (Å²) < 4.78 is 6.14. The Hall–Kier alpha value is -1.69. The maximum absolute atomic E-state index is 12.8. The van der Waals surface area contributed by atoms with E-state index in [2.05, 4.69) is 24.4 Å². The fraction of sp³-hybridized carbons (Fsp3) is 0.522. The molecular weight excluding hydrogens is 370 g/mol. The molecule has 4 nitrogen and oxygen atoms in total. The van der Waals surface area contributed by atoms with Crippen LogP contribution in [0.15, 0.2) is 24.3 Å². The number of carbonyl (C=O) groups is 1. The summed E-state index contributed by atoms with van der Waals surface area (Å²) in [6.45, 7) is 6.77. The Balaban J connectivity index is 1.34. The third-order valence-corrected chi connectivity index (χ3v) is 7.20. The summed E-state index contributed by atoms with van der Waals surface area (Å²) in [5.41, 5.74) is 3.16. The maximum Gasteiger partial charge on any atom is 0.168 e. The molecule has 0 spiro atoms. The number of hydrogen-bond donors (Lipinski definition) is 2. The third kappa shape index (κ3) is 3.88. The molecule has 1 aromatic carbocycles. The van der Waals surface area contributed by atoms with Crippen molar-refractivity contribution in [2.45, 2.75) is 64.7 Å². The molecular formula is C23H29NO3S. The van der Waals surface area contributed by atoms with Gasteiger partial charge in [-0.15, -0.1) is 11.3 Å². The van der Waals surface area contributed by atoms with Crippen molar-refractivity contribution >= 4 is 17.1 Å². The van der Waals surface area contributed by atoms with E-state index in [1.807, 2.05) is 26.0 Å². The number of benzene rings is 1. The first-order chi connectivity index (χ1) is 13.4. The minimum atomic E-state index is -0.558. The Morgan fingerprint density at radius 1 is 1.18 bits per heavy atom. The monoisotopic (exact) mass is 399 g/mol. The molecule has 0 radical (unpaired) electrons. The van der Waals surface area contributed by atoms with Gasteiger partial charge in [0.1, 0.15) is 18.0 Å². The zero-order valence-electron chi connectivity index (χ0n) is 16.8. The second-order valence-electron chi connectivity index (χ2n) is 8.30. The number of ether oxygens (including phenoxy) is 1. The SMILES string of the molecule is Cc1ccc(C)c(O[C@@H]2CC[C@@H](NCC3CCc4sc(C)cc4C3=O)[C@H]2O)c1. The van der Waals surface area contributed by atoms with Crippen molar-refractivity contribution in [2.24, 2.45) is 5.92 Å². The minimum Gasteiger partial charge on any atom is -0.487 e. The molecule has 1 aromatic heterocycles. The molecule has 1 heterocycles. The Kier molecular flexibility index (Phi) is 5.59. The minimum absolute atomic E-state index is 0.00712. The fourth-order valence-electron chi connectivity index (χ4n) is 4.39. The Morgan fingerprint density at radius 2 is 2.00 bits per heavy atom. The van der Waals surface area contributed by atoms with Gasteiger partial charge in [0.15, 0.2) is 5.78 Å². The summed E-state index contributed by atoms with van der Waals surface area (Å²) in [7, 11) is 0. The van der Waals surface area contributed by atoms with Gasteiger partial charge < -0.3 is 15.2 Å². The van der Waals surface area contributed by atoms with Crippen molar-refractivity contribution in [3.63, 3.8) is 0 Å². The van der Waals surface area contributed by atoms with E-state index >= 15 is 0 Å². The lowest BCUT2D eigenvalue weighted by Gasteiger charge is -2.26. The molecule has 0 aliphatic heterocycles. The van der Waals surface area contributed by atoms with Crippen LogP contribution in [0.1, 0.15) is 50.5 Å². The summed E-state index contributed by atoms with van der Waals surface area (Å²) >= 11 is 1.75. The van der Waals surface area contributed by atoms with Crippen LogP contribution in [0.4, 0.5) is 0 Å². The number of aryl methyl sites for hydroxylation is 4. The molecule has 1 saturated carbocycles. The molecule has 5 heteroatoms. The van der Waals surface area contributed by atoms with E-state index in [0.717, 1.165) is 48.1 Å². The van der Waals surface area contributed by atoms with Crippen molar-refractivity contribution in [2.75, 3.05) is 6.54 Å². The average molecular weight is 400 g/mol. The van der Waals surface area contributed by atoms with Gasteiger partial charge in [0.05, 0.1) is 0 Å². The molecule has 2 aliphatic rings. The van der Waals surface area contributed by atoms with Crippen LogP contribution in [-0.2, 0) is 6.42 Å². The number of aliphatic hydroxyl groups is 1. The molecule has 2 N–H and O–H groups in total. The van der Waals surface area contributed by atoms with Gasteiger partial charge in [-0.1, -0.05) is 12.1 Å². The predicted molar refractivity (Wildman–Crippen MR) is 113 cm³/mol. The Labute approximate surface area is 170 Å². The first-order valence-electron chi connectivity index (χ1n) is 10.2. The molecule has 1 unspecified atom stereocenters. The van der Waals surface area contributed by atoms with E-state index in [-0.39, 0.29) is 23.8 Å². The maximum atomic E-state index is 12.8. The molecule has 0 bridgehead atoms. The molecule has 2 aliphatic carbocycles. The van der Waals surface area contributed by atoms with Crippen molar-refractivity contribution in [1.82, 2.24) is 5.32 Å². The summed E-state index contributed by atoms with van der Waals surface area (Å²) in [4.78, 5) is 15.2. The molecule has 0 saturated heterocycles. The van der Waals surface area contributed by atoms with Gasteiger partial charge >= 0.3 is 0 Å². The number of carbonyl (C=O) groups excluding carboxylic acids is 1. The predicted octanol–water partition coefficient (Wildman–Crippen LogP) is 3.98. The lowest BCUT2D eigenvalue weighted by atomic mass is 9.87. The van der Waals surface area contributed by atoms with E-state index in [9.17, 15) is 9.90 Å². The van der Waals surface area contributed by atoms with Crippen LogP contribution in [0.3, 0.4) is 0 Å². The van der Waals surface area contributed by atoms with Crippen LogP contribution < -0.4 is 10.1 Å². The second-order valence-corrected chi connectivity index (χ2v) is 9.64. The van der Waals surface area contributed by atoms with E-state index in [0.29, 0.717) is 6.54 Å². The number of rotatable bonds is 5. The summed E-state index contributed by atoms with van der Waals surface area (Å²) in [5.74, 6) is 1.12. The molecule has 2 aromatic rings. The van der Waals surface area contributed by atoms with Gasteiger partial charge in [-0.3, -0.25) is 4.79 Å². The zero-order chi connectivity index (χ0) is 19.8. The fourth-order valence-corrected chi connectivity index (χ4v) is 5.45. The van der Waals surface area contributed by atoms with Crippen LogP contribution in [0.2, 0.25) is 0 Å². The highest BCUT2D eigenvalue weighted by molar-refractivity contribution is 7.12. The Bertz CT molecular complexity index is 875. The van der Waals surface area contributed by atoms with Crippen LogP contribution in [-0.4, -0.2) is 35.7 Å². The molecule has 4 rings (SSSR count). The number of ketones is 1.